The number of benzene rings is 1. The molecule has 0 heterocycles. The van der Waals surface area contributed by atoms with E-state index in [1.165, 1.54) is 0 Å². The summed E-state index contributed by atoms with van der Waals surface area (Å²) in [5.74, 6) is -2.41. The van der Waals surface area contributed by atoms with Crippen molar-refractivity contribution in [2.45, 2.75) is 0 Å². The molecule has 70 valence electrons. The first-order valence-corrected chi connectivity index (χ1v) is 3.40. The Labute approximate surface area is 76.1 Å². The Balaban J connectivity index is 3.56. The zero-order valence-corrected chi connectivity index (χ0v) is 6.81. The van der Waals surface area contributed by atoms with Crippen LogP contribution in [0.1, 0.15) is 0 Å². The molecule has 13 heavy (non-hydrogen) atoms. The van der Waals surface area contributed by atoms with Crippen molar-refractivity contribution >= 4 is 23.0 Å². The van der Waals surface area contributed by atoms with Crippen molar-refractivity contribution in [3.8, 4) is 0 Å². The van der Waals surface area contributed by atoms with E-state index in [-0.39, 0.29) is 0 Å². The lowest BCUT2D eigenvalue weighted by molar-refractivity contribution is -0.384. The van der Waals surface area contributed by atoms with Crippen LogP contribution in [0, 0.1) is 21.7 Å². The zero-order valence-electron chi connectivity index (χ0n) is 6.05. The van der Waals surface area contributed by atoms with Crippen LogP contribution in [0.5, 0.6) is 0 Å². The molecule has 0 aliphatic rings. The van der Waals surface area contributed by atoms with Crippen LogP contribution in [0.15, 0.2) is 6.07 Å². The molecule has 1 aromatic rings. The second-order valence-electron chi connectivity index (χ2n) is 2.17. The predicted octanol–water partition coefficient (Wildman–Crippen LogP) is 2.11. The van der Waals surface area contributed by atoms with Crippen molar-refractivity contribution in [3.05, 3.63) is 32.8 Å². The van der Waals surface area contributed by atoms with Gasteiger partial charge in [-0.15, -0.1) is 0 Å². The minimum absolute atomic E-state index is 0.394. The number of nitrogens with zero attached hydrogens (tertiary/aromatic N) is 1. The first kappa shape index (κ1) is 9.66. The molecule has 1 rings (SSSR count). The van der Waals surface area contributed by atoms with E-state index < -0.39 is 33.0 Å². The molecule has 0 spiro atoms. The van der Waals surface area contributed by atoms with Gasteiger partial charge >= 0.3 is 5.69 Å². The van der Waals surface area contributed by atoms with Crippen LogP contribution in [0.25, 0.3) is 0 Å². The van der Waals surface area contributed by atoms with Crippen molar-refractivity contribution in [3.63, 3.8) is 0 Å². The van der Waals surface area contributed by atoms with Gasteiger partial charge < -0.3 is 5.73 Å². The molecule has 0 aromatic heterocycles. The van der Waals surface area contributed by atoms with Crippen molar-refractivity contribution in [2.75, 3.05) is 5.73 Å². The summed E-state index contributed by atoms with van der Waals surface area (Å²) in [5.41, 5.74) is 3.27. The maximum absolute atomic E-state index is 12.7. The lowest BCUT2D eigenvalue weighted by Crippen LogP contribution is -2.01. The number of halogens is 3. The predicted molar refractivity (Wildman–Crippen MR) is 42.4 cm³/mol. The van der Waals surface area contributed by atoms with Gasteiger partial charge in [-0.05, 0) is 0 Å². The molecule has 0 saturated carbocycles. The van der Waals surface area contributed by atoms with Gasteiger partial charge in [0.05, 0.1) is 4.92 Å². The van der Waals surface area contributed by atoms with Crippen molar-refractivity contribution in [1.82, 2.24) is 0 Å². The average Bonchev–Trinajstić information content (AvgIpc) is 2.01. The summed E-state index contributed by atoms with van der Waals surface area (Å²) in [6, 6.07) is 0.394. The Morgan fingerprint density at radius 3 is 2.46 bits per heavy atom. The monoisotopic (exact) mass is 208 g/mol. The van der Waals surface area contributed by atoms with Crippen molar-refractivity contribution in [2.24, 2.45) is 0 Å². The smallest absolute Gasteiger partial charge is 0.316 e. The molecular formula is C6H3ClF2N2O2. The molecule has 0 aliphatic heterocycles. The number of nitrogens with two attached hydrogens (primary N) is 1. The molecule has 0 aliphatic carbocycles. The third-order valence-corrected chi connectivity index (χ3v) is 1.73. The van der Waals surface area contributed by atoms with Crippen molar-refractivity contribution < 1.29 is 13.7 Å². The van der Waals surface area contributed by atoms with E-state index in [2.05, 4.69) is 0 Å². The average molecular weight is 209 g/mol. The number of anilines is 1. The maximum atomic E-state index is 12.7. The van der Waals surface area contributed by atoms with Crippen molar-refractivity contribution in [1.29, 1.82) is 0 Å². The Hall–Kier alpha value is -1.43. The summed E-state index contributed by atoms with van der Waals surface area (Å²) in [7, 11) is 0. The first-order chi connectivity index (χ1) is 5.95. The fourth-order valence-electron chi connectivity index (χ4n) is 0.775. The number of hydrogen-bond acceptors (Lipinski definition) is 3. The van der Waals surface area contributed by atoms with Gasteiger partial charge in [0.1, 0.15) is 5.69 Å². The maximum Gasteiger partial charge on any atom is 0.316 e. The minimum Gasteiger partial charge on any atom is -0.391 e. The molecule has 0 atom stereocenters. The van der Waals surface area contributed by atoms with Crippen LogP contribution in [-0.2, 0) is 0 Å². The van der Waals surface area contributed by atoms with E-state index in [0.29, 0.717) is 6.07 Å². The molecule has 0 saturated heterocycles. The highest BCUT2D eigenvalue weighted by Crippen LogP contribution is 2.34. The minimum atomic E-state index is -1.21. The van der Waals surface area contributed by atoms with Gasteiger partial charge in [-0.1, -0.05) is 11.6 Å². The molecular weight excluding hydrogens is 206 g/mol. The molecule has 2 N–H and O–H groups in total. The molecule has 7 heteroatoms. The molecule has 1 aromatic carbocycles. The van der Waals surface area contributed by atoms with E-state index in [1.807, 2.05) is 0 Å². The second kappa shape index (κ2) is 3.14. The summed E-state index contributed by atoms with van der Waals surface area (Å²) in [6.07, 6.45) is 0. The second-order valence-corrected chi connectivity index (χ2v) is 2.55. The lowest BCUT2D eigenvalue weighted by atomic mass is 10.2. The lowest BCUT2D eigenvalue weighted by Gasteiger charge is -2.01. The Kier molecular flexibility index (Phi) is 2.33. The highest BCUT2D eigenvalue weighted by Gasteiger charge is 2.24. The van der Waals surface area contributed by atoms with Crippen LogP contribution in [0.3, 0.4) is 0 Å². The quantitative estimate of drug-likeness (QED) is 0.333. The van der Waals surface area contributed by atoms with E-state index in [9.17, 15) is 18.9 Å². The number of nitrogen functional groups attached to an aromatic ring is 1. The standard InChI is InChI=1S/C6H3ClF2N2O2/c7-4-2(8)1-3(9)5(10)6(4)11(12)13/h1H,10H2. The third kappa shape index (κ3) is 1.52. The largest absolute Gasteiger partial charge is 0.391 e. The van der Waals surface area contributed by atoms with Gasteiger partial charge in [0.25, 0.3) is 0 Å². The van der Waals surface area contributed by atoms with E-state index in [4.69, 9.17) is 17.3 Å². The summed E-state index contributed by atoms with van der Waals surface area (Å²) in [4.78, 5) is 9.22. The number of nitro groups is 1. The summed E-state index contributed by atoms with van der Waals surface area (Å²) < 4.78 is 25.3. The zero-order chi connectivity index (χ0) is 10.2. The van der Waals surface area contributed by atoms with Gasteiger partial charge in [0.2, 0.25) is 0 Å². The van der Waals surface area contributed by atoms with E-state index >= 15 is 0 Å². The summed E-state index contributed by atoms with van der Waals surface area (Å²) >= 11 is 5.20. The summed E-state index contributed by atoms with van der Waals surface area (Å²) in [5, 5.41) is 9.47. The van der Waals surface area contributed by atoms with Crippen LogP contribution < -0.4 is 5.73 Å². The van der Waals surface area contributed by atoms with Gasteiger partial charge in [0, 0.05) is 6.07 Å². The van der Waals surface area contributed by atoms with Gasteiger partial charge in [0.15, 0.2) is 16.7 Å². The van der Waals surface area contributed by atoms with Crippen LogP contribution in [-0.4, -0.2) is 4.92 Å². The van der Waals surface area contributed by atoms with E-state index in [0.717, 1.165) is 0 Å². The SMILES string of the molecule is Nc1c(F)cc(F)c(Cl)c1[N+](=O)[O-]. The summed E-state index contributed by atoms with van der Waals surface area (Å²) in [6.45, 7) is 0. The van der Waals surface area contributed by atoms with E-state index in [1.54, 1.807) is 0 Å². The molecule has 0 amide bonds. The fourth-order valence-corrected chi connectivity index (χ4v) is 1.00. The normalized spacial score (nSPS) is 10.1. The molecule has 0 fully saturated rings. The molecule has 4 nitrogen and oxygen atoms in total. The van der Waals surface area contributed by atoms with Crippen LogP contribution in [0.4, 0.5) is 20.2 Å². The Morgan fingerprint density at radius 2 is 2.00 bits per heavy atom. The number of hydrogen-bond donors (Lipinski definition) is 1. The molecule has 0 unspecified atom stereocenters. The van der Waals surface area contributed by atoms with Gasteiger partial charge in [-0.25, -0.2) is 8.78 Å². The third-order valence-electron chi connectivity index (χ3n) is 1.37. The molecule has 0 bridgehead atoms. The highest BCUT2D eigenvalue weighted by molar-refractivity contribution is 6.33. The highest BCUT2D eigenvalue weighted by atomic mass is 35.5. The fraction of sp³-hybridized carbons (Fsp3) is 0. The van der Waals surface area contributed by atoms with Gasteiger partial charge in [-0.2, -0.15) is 0 Å². The molecule has 0 radical (unpaired) electrons. The Bertz CT molecular complexity index is 357. The number of nitro benzene ring substituents is 1. The number of rotatable bonds is 1. The Morgan fingerprint density at radius 1 is 1.46 bits per heavy atom. The topological polar surface area (TPSA) is 69.2 Å². The first-order valence-electron chi connectivity index (χ1n) is 3.02. The van der Waals surface area contributed by atoms with Crippen LogP contribution in [0.2, 0.25) is 5.02 Å². The van der Waals surface area contributed by atoms with Crippen LogP contribution >= 0.6 is 11.6 Å². The van der Waals surface area contributed by atoms with Gasteiger partial charge in [-0.3, -0.25) is 10.1 Å².